The third-order valence-corrected chi connectivity index (χ3v) is 3.98. The van der Waals surface area contributed by atoms with Crippen LogP contribution in [0.15, 0.2) is 47.8 Å². The number of rotatable bonds is 2. The molecule has 3 rings (SSSR count). The summed E-state index contributed by atoms with van der Waals surface area (Å²) in [5.41, 5.74) is 3.10. The third kappa shape index (κ3) is 2.42. The highest BCUT2D eigenvalue weighted by atomic mass is 32.1. The van der Waals surface area contributed by atoms with Crippen LogP contribution in [-0.2, 0) is 0 Å². The largest absolute Gasteiger partial charge is 0.508 e. The maximum absolute atomic E-state index is 13.6. The lowest BCUT2D eigenvalue weighted by Gasteiger charge is -2.00. The molecule has 2 aromatic carbocycles. The van der Waals surface area contributed by atoms with Crippen LogP contribution in [0.4, 0.5) is 4.39 Å². The van der Waals surface area contributed by atoms with Crippen LogP contribution >= 0.6 is 11.3 Å². The maximum atomic E-state index is 13.6. The van der Waals surface area contributed by atoms with Crippen molar-refractivity contribution in [2.45, 2.75) is 6.92 Å². The number of phenols is 1. The lowest BCUT2D eigenvalue weighted by Crippen LogP contribution is -1.85. The fourth-order valence-corrected chi connectivity index (χ4v) is 2.73. The minimum atomic E-state index is -0.221. The third-order valence-electron chi connectivity index (χ3n) is 3.09. The Hall–Kier alpha value is -2.20. The van der Waals surface area contributed by atoms with Gasteiger partial charge in [-0.05, 0) is 42.8 Å². The van der Waals surface area contributed by atoms with E-state index in [0.29, 0.717) is 5.56 Å². The van der Waals surface area contributed by atoms with E-state index in [-0.39, 0.29) is 11.6 Å². The van der Waals surface area contributed by atoms with Crippen LogP contribution in [0, 0.1) is 12.7 Å². The summed E-state index contributed by atoms with van der Waals surface area (Å²) in [5, 5.41) is 12.0. The minimum Gasteiger partial charge on any atom is -0.508 e. The molecule has 0 aliphatic carbocycles. The van der Waals surface area contributed by atoms with Crippen LogP contribution in [0.3, 0.4) is 0 Å². The van der Waals surface area contributed by atoms with Gasteiger partial charge in [0, 0.05) is 16.5 Å². The Bertz CT molecular complexity index is 749. The van der Waals surface area contributed by atoms with Crippen molar-refractivity contribution in [1.29, 1.82) is 0 Å². The van der Waals surface area contributed by atoms with E-state index in [9.17, 15) is 9.50 Å². The summed E-state index contributed by atoms with van der Waals surface area (Å²) in [7, 11) is 0. The van der Waals surface area contributed by atoms with Crippen molar-refractivity contribution in [2.24, 2.45) is 0 Å². The lowest BCUT2D eigenvalue weighted by molar-refractivity contribution is 0.475. The van der Waals surface area contributed by atoms with Gasteiger partial charge < -0.3 is 5.11 Å². The number of hydrogen-bond donors (Lipinski definition) is 1. The fourth-order valence-electron chi connectivity index (χ4n) is 1.90. The van der Waals surface area contributed by atoms with Crippen molar-refractivity contribution in [2.75, 3.05) is 0 Å². The van der Waals surface area contributed by atoms with Gasteiger partial charge in [0.05, 0.1) is 5.69 Å². The molecule has 0 radical (unpaired) electrons. The predicted octanol–water partition coefficient (Wildman–Crippen LogP) is 4.63. The van der Waals surface area contributed by atoms with E-state index in [0.717, 1.165) is 21.8 Å². The van der Waals surface area contributed by atoms with Crippen molar-refractivity contribution in [1.82, 2.24) is 4.98 Å². The Morgan fingerprint density at radius 3 is 2.45 bits per heavy atom. The van der Waals surface area contributed by atoms with Gasteiger partial charge in [-0.25, -0.2) is 9.37 Å². The molecule has 0 saturated heterocycles. The number of phenolic OH excluding ortho intramolecular Hbond substituents is 1. The van der Waals surface area contributed by atoms with Gasteiger partial charge in [0.25, 0.3) is 0 Å². The summed E-state index contributed by atoms with van der Waals surface area (Å²) in [6.45, 7) is 1.74. The van der Waals surface area contributed by atoms with Crippen molar-refractivity contribution in [3.05, 3.63) is 59.2 Å². The van der Waals surface area contributed by atoms with Gasteiger partial charge in [0.15, 0.2) is 0 Å². The molecule has 1 heterocycles. The zero-order valence-corrected chi connectivity index (χ0v) is 11.6. The van der Waals surface area contributed by atoms with E-state index in [1.165, 1.54) is 17.4 Å². The van der Waals surface area contributed by atoms with Crippen molar-refractivity contribution in [3.8, 4) is 27.6 Å². The molecule has 3 aromatic rings. The summed E-state index contributed by atoms with van der Waals surface area (Å²) in [4.78, 5) is 4.52. The zero-order chi connectivity index (χ0) is 14.1. The molecule has 100 valence electrons. The van der Waals surface area contributed by atoms with Crippen LogP contribution in [0.5, 0.6) is 5.75 Å². The van der Waals surface area contributed by atoms with Gasteiger partial charge in [0.2, 0.25) is 0 Å². The maximum Gasteiger partial charge on any atom is 0.126 e. The molecule has 0 unspecified atom stereocenters. The molecular formula is C16H12FNOS. The number of halogens is 1. The van der Waals surface area contributed by atoms with Gasteiger partial charge in [-0.2, -0.15) is 0 Å². The normalized spacial score (nSPS) is 10.7. The van der Waals surface area contributed by atoms with Crippen LogP contribution in [0.1, 0.15) is 5.56 Å². The molecular weight excluding hydrogens is 273 g/mol. The Balaban J connectivity index is 1.97. The number of thiazole rings is 1. The minimum absolute atomic E-state index is 0.221. The first-order valence-electron chi connectivity index (χ1n) is 6.15. The van der Waals surface area contributed by atoms with Crippen molar-refractivity contribution >= 4 is 11.3 Å². The molecule has 0 fully saturated rings. The van der Waals surface area contributed by atoms with Crippen LogP contribution < -0.4 is 0 Å². The van der Waals surface area contributed by atoms with Crippen molar-refractivity contribution < 1.29 is 9.50 Å². The Morgan fingerprint density at radius 2 is 1.75 bits per heavy atom. The second-order valence-corrected chi connectivity index (χ2v) is 5.41. The van der Waals surface area contributed by atoms with Gasteiger partial charge >= 0.3 is 0 Å². The number of hydrogen-bond acceptors (Lipinski definition) is 3. The van der Waals surface area contributed by atoms with Gasteiger partial charge in [-0.3, -0.25) is 0 Å². The van der Waals surface area contributed by atoms with Gasteiger partial charge in [-0.1, -0.05) is 12.1 Å². The first-order valence-corrected chi connectivity index (χ1v) is 7.03. The van der Waals surface area contributed by atoms with Gasteiger partial charge in [-0.15, -0.1) is 11.3 Å². The molecule has 0 amide bonds. The van der Waals surface area contributed by atoms with Crippen LogP contribution in [-0.4, -0.2) is 10.1 Å². The van der Waals surface area contributed by atoms with E-state index in [1.54, 1.807) is 25.1 Å². The predicted molar refractivity (Wildman–Crippen MR) is 79.3 cm³/mol. The second kappa shape index (κ2) is 5.06. The summed E-state index contributed by atoms with van der Waals surface area (Å²) in [5.74, 6) is 0.00724. The smallest absolute Gasteiger partial charge is 0.126 e. The van der Waals surface area contributed by atoms with E-state index < -0.39 is 0 Å². The topological polar surface area (TPSA) is 33.1 Å². The summed E-state index contributed by atoms with van der Waals surface area (Å²) in [6.07, 6.45) is 0. The summed E-state index contributed by atoms with van der Waals surface area (Å²) < 4.78 is 13.6. The van der Waals surface area contributed by atoms with Crippen molar-refractivity contribution in [3.63, 3.8) is 0 Å². The average molecular weight is 285 g/mol. The first kappa shape index (κ1) is 12.8. The van der Waals surface area contributed by atoms with E-state index in [4.69, 9.17) is 0 Å². The molecule has 0 bridgehead atoms. The molecule has 4 heteroatoms. The number of aryl methyl sites for hydroxylation is 1. The molecule has 0 atom stereocenters. The van der Waals surface area contributed by atoms with E-state index >= 15 is 0 Å². The molecule has 1 aromatic heterocycles. The Kier molecular flexibility index (Phi) is 3.24. The Morgan fingerprint density at radius 1 is 1.05 bits per heavy atom. The fraction of sp³-hybridized carbons (Fsp3) is 0.0625. The Labute approximate surface area is 120 Å². The molecule has 0 aliphatic rings. The van der Waals surface area contributed by atoms with E-state index in [2.05, 4.69) is 4.98 Å². The van der Waals surface area contributed by atoms with E-state index in [1.807, 2.05) is 23.6 Å². The highest BCUT2D eigenvalue weighted by Gasteiger charge is 2.08. The highest BCUT2D eigenvalue weighted by molar-refractivity contribution is 7.13. The molecule has 0 aliphatic heterocycles. The number of benzene rings is 2. The molecule has 20 heavy (non-hydrogen) atoms. The summed E-state index contributed by atoms with van der Waals surface area (Å²) in [6, 6.07) is 12.0. The van der Waals surface area contributed by atoms with Crippen LogP contribution in [0.2, 0.25) is 0 Å². The quantitative estimate of drug-likeness (QED) is 0.744. The highest BCUT2D eigenvalue weighted by Crippen LogP contribution is 2.30. The SMILES string of the molecule is Cc1ccc(-c2csc(-c3ccc(O)cc3)n2)cc1F. The number of aromatic nitrogens is 1. The monoisotopic (exact) mass is 285 g/mol. The molecule has 2 nitrogen and oxygen atoms in total. The summed E-state index contributed by atoms with van der Waals surface area (Å²) >= 11 is 1.50. The van der Waals surface area contributed by atoms with Gasteiger partial charge in [0.1, 0.15) is 16.6 Å². The second-order valence-electron chi connectivity index (χ2n) is 4.55. The molecule has 1 N–H and O–H groups in total. The zero-order valence-electron chi connectivity index (χ0n) is 10.8. The molecule has 0 saturated carbocycles. The number of aromatic hydroxyl groups is 1. The average Bonchev–Trinajstić information content (AvgIpc) is 2.92. The lowest BCUT2D eigenvalue weighted by atomic mass is 10.1. The van der Waals surface area contributed by atoms with Crippen LogP contribution in [0.25, 0.3) is 21.8 Å². The standard InChI is InChI=1S/C16H12FNOS/c1-10-2-3-12(8-14(10)17)15-9-20-16(18-15)11-4-6-13(19)7-5-11/h2-9,19H,1H3. The number of nitrogens with zero attached hydrogens (tertiary/aromatic N) is 1. The first-order chi connectivity index (χ1) is 9.63. The molecule has 0 spiro atoms.